The van der Waals surface area contributed by atoms with Gasteiger partial charge in [-0.25, -0.2) is 13.6 Å². The van der Waals surface area contributed by atoms with Crippen LogP contribution < -0.4 is 5.32 Å². The highest BCUT2D eigenvalue weighted by Crippen LogP contribution is 2.19. The molecule has 0 unspecified atom stereocenters. The molecule has 0 aromatic heterocycles. The van der Waals surface area contributed by atoms with Crippen LogP contribution in [0, 0.1) is 18.6 Å². The van der Waals surface area contributed by atoms with Gasteiger partial charge in [-0.2, -0.15) is 0 Å². The summed E-state index contributed by atoms with van der Waals surface area (Å²) in [5.41, 5.74) is -0.119. The highest BCUT2D eigenvalue weighted by atomic mass is 19.1. The Hall–Kier alpha value is -2.76. The van der Waals surface area contributed by atoms with E-state index in [9.17, 15) is 18.4 Å². The van der Waals surface area contributed by atoms with Crippen molar-refractivity contribution >= 4 is 17.6 Å². The van der Waals surface area contributed by atoms with Crippen molar-refractivity contribution in [2.45, 2.75) is 6.92 Å². The standard InChI is InChI=1S/C15H11F2NO3/c1-8-2-4-10(12(17)6-8)14(19)18-13-7-9(16)3-5-11(13)15(20)21/h2-7H,1H3,(H,18,19)(H,20,21). The largest absolute Gasteiger partial charge is 0.478 e. The zero-order valence-electron chi connectivity index (χ0n) is 11.0. The van der Waals surface area contributed by atoms with E-state index in [1.165, 1.54) is 12.1 Å². The van der Waals surface area contributed by atoms with Crippen molar-refractivity contribution in [3.8, 4) is 0 Å². The molecule has 21 heavy (non-hydrogen) atoms. The van der Waals surface area contributed by atoms with Crippen molar-refractivity contribution in [1.82, 2.24) is 0 Å². The van der Waals surface area contributed by atoms with Crippen LogP contribution in [-0.2, 0) is 0 Å². The van der Waals surface area contributed by atoms with E-state index >= 15 is 0 Å². The van der Waals surface area contributed by atoms with E-state index < -0.39 is 23.5 Å². The van der Waals surface area contributed by atoms with E-state index in [-0.39, 0.29) is 16.8 Å². The molecule has 0 aliphatic carbocycles. The maximum absolute atomic E-state index is 13.7. The Balaban J connectivity index is 2.35. The molecular formula is C15H11F2NO3. The van der Waals surface area contributed by atoms with Crippen LogP contribution in [0.2, 0.25) is 0 Å². The molecule has 0 atom stereocenters. The number of anilines is 1. The Kier molecular flexibility index (Phi) is 3.98. The summed E-state index contributed by atoms with van der Waals surface area (Å²) in [5, 5.41) is 11.2. The van der Waals surface area contributed by atoms with Gasteiger partial charge in [0.1, 0.15) is 11.6 Å². The van der Waals surface area contributed by atoms with Gasteiger partial charge in [-0.05, 0) is 42.8 Å². The lowest BCUT2D eigenvalue weighted by atomic mass is 10.1. The summed E-state index contributed by atoms with van der Waals surface area (Å²) < 4.78 is 26.9. The summed E-state index contributed by atoms with van der Waals surface area (Å²) in [6.07, 6.45) is 0. The number of carboxylic acid groups (broad SMARTS) is 1. The third kappa shape index (κ3) is 3.22. The lowest BCUT2D eigenvalue weighted by Gasteiger charge is -2.09. The van der Waals surface area contributed by atoms with Crippen molar-refractivity contribution in [1.29, 1.82) is 0 Å². The fourth-order valence-corrected chi connectivity index (χ4v) is 1.80. The van der Waals surface area contributed by atoms with Gasteiger partial charge in [-0.15, -0.1) is 0 Å². The van der Waals surface area contributed by atoms with Crippen LogP contribution in [0.5, 0.6) is 0 Å². The summed E-state index contributed by atoms with van der Waals surface area (Å²) in [7, 11) is 0. The number of hydrogen-bond acceptors (Lipinski definition) is 2. The number of carboxylic acids is 1. The van der Waals surface area contributed by atoms with Gasteiger partial charge in [-0.3, -0.25) is 4.79 Å². The number of hydrogen-bond donors (Lipinski definition) is 2. The molecule has 108 valence electrons. The van der Waals surface area contributed by atoms with Gasteiger partial charge in [0.15, 0.2) is 0 Å². The highest BCUT2D eigenvalue weighted by molar-refractivity contribution is 6.07. The zero-order chi connectivity index (χ0) is 15.6. The number of benzene rings is 2. The van der Waals surface area contributed by atoms with E-state index in [2.05, 4.69) is 5.32 Å². The van der Waals surface area contributed by atoms with Gasteiger partial charge >= 0.3 is 5.97 Å². The van der Waals surface area contributed by atoms with E-state index in [1.54, 1.807) is 13.0 Å². The average Bonchev–Trinajstić information content (AvgIpc) is 2.37. The van der Waals surface area contributed by atoms with E-state index in [4.69, 9.17) is 5.11 Å². The van der Waals surface area contributed by atoms with Crippen LogP contribution in [0.25, 0.3) is 0 Å². The molecule has 0 radical (unpaired) electrons. The van der Waals surface area contributed by atoms with Crippen molar-refractivity contribution in [3.63, 3.8) is 0 Å². The lowest BCUT2D eigenvalue weighted by Crippen LogP contribution is -2.16. The number of amides is 1. The van der Waals surface area contributed by atoms with Crippen molar-refractivity contribution in [2.24, 2.45) is 0 Å². The van der Waals surface area contributed by atoms with Gasteiger partial charge in [0.25, 0.3) is 5.91 Å². The molecule has 6 heteroatoms. The first-order chi connectivity index (χ1) is 9.88. The lowest BCUT2D eigenvalue weighted by molar-refractivity contribution is 0.0698. The summed E-state index contributed by atoms with van der Waals surface area (Å²) in [6.45, 7) is 1.67. The molecule has 4 nitrogen and oxygen atoms in total. The number of carbonyl (C=O) groups excluding carboxylic acids is 1. The number of aromatic carboxylic acids is 1. The van der Waals surface area contributed by atoms with Crippen molar-refractivity contribution in [3.05, 3.63) is 64.7 Å². The maximum atomic E-state index is 13.7. The molecule has 0 aliphatic rings. The predicted octanol–water partition coefficient (Wildman–Crippen LogP) is 3.22. The quantitative estimate of drug-likeness (QED) is 0.912. The third-order valence-corrected chi connectivity index (χ3v) is 2.83. The smallest absolute Gasteiger partial charge is 0.337 e. The Bertz CT molecular complexity index is 729. The van der Waals surface area contributed by atoms with Crippen LogP contribution in [-0.4, -0.2) is 17.0 Å². The summed E-state index contributed by atoms with van der Waals surface area (Å²) in [4.78, 5) is 23.0. The predicted molar refractivity (Wildman–Crippen MR) is 72.4 cm³/mol. The second-order valence-electron chi connectivity index (χ2n) is 4.43. The second-order valence-corrected chi connectivity index (χ2v) is 4.43. The Labute approximate surface area is 119 Å². The molecule has 2 rings (SSSR count). The molecule has 2 aromatic rings. The number of carbonyl (C=O) groups is 2. The first-order valence-electron chi connectivity index (χ1n) is 5.99. The molecule has 0 saturated heterocycles. The molecule has 0 saturated carbocycles. The fourth-order valence-electron chi connectivity index (χ4n) is 1.80. The summed E-state index contributed by atoms with van der Waals surface area (Å²) in [5.74, 6) is -3.62. The van der Waals surface area contributed by atoms with Crippen LogP contribution >= 0.6 is 0 Å². The molecular weight excluding hydrogens is 280 g/mol. The minimum atomic E-state index is -1.32. The average molecular weight is 291 g/mol. The number of rotatable bonds is 3. The van der Waals surface area contributed by atoms with E-state index in [1.807, 2.05) is 0 Å². The maximum Gasteiger partial charge on any atom is 0.337 e. The topological polar surface area (TPSA) is 66.4 Å². The zero-order valence-corrected chi connectivity index (χ0v) is 11.0. The SMILES string of the molecule is Cc1ccc(C(=O)Nc2cc(F)ccc2C(=O)O)c(F)c1. The van der Waals surface area contributed by atoms with Gasteiger partial charge in [0.05, 0.1) is 16.8 Å². The van der Waals surface area contributed by atoms with Crippen molar-refractivity contribution < 1.29 is 23.5 Å². The second kappa shape index (κ2) is 5.70. The van der Waals surface area contributed by atoms with Crippen LogP contribution in [0.4, 0.5) is 14.5 Å². The normalized spacial score (nSPS) is 10.2. The molecule has 1 amide bonds. The van der Waals surface area contributed by atoms with E-state index in [0.717, 1.165) is 18.2 Å². The molecule has 0 fully saturated rings. The molecule has 0 aliphatic heterocycles. The van der Waals surface area contributed by atoms with Gasteiger partial charge < -0.3 is 10.4 Å². The van der Waals surface area contributed by atoms with E-state index in [0.29, 0.717) is 5.56 Å². The summed E-state index contributed by atoms with van der Waals surface area (Å²) in [6, 6.07) is 6.86. The first kappa shape index (κ1) is 14.6. The fraction of sp³-hybridized carbons (Fsp3) is 0.0667. The monoisotopic (exact) mass is 291 g/mol. The molecule has 0 bridgehead atoms. The van der Waals surface area contributed by atoms with Gasteiger partial charge in [0, 0.05) is 0 Å². The van der Waals surface area contributed by atoms with Crippen molar-refractivity contribution in [2.75, 3.05) is 5.32 Å². The molecule has 2 N–H and O–H groups in total. The minimum absolute atomic E-state index is 0.229. The number of aryl methyl sites for hydroxylation is 1. The Morgan fingerprint density at radius 2 is 1.71 bits per heavy atom. The number of halogens is 2. The molecule has 0 heterocycles. The third-order valence-electron chi connectivity index (χ3n) is 2.83. The minimum Gasteiger partial charge on any atom is -0.478 e. The van der Waals surface area contributed by atoms with Crippen LogP contribution in [0.1, 0.15) is 26.3 Å². The van der Waals surface area contributed by atoms with Gasteiger partial charge in [0.2, 0.25) is 0 Å². The first-order valence-corrected chi connectivity index (χ1v) is 5.99. The van der Waals surface area contributed by atoms with Crippen LogP contribution in [0.3, 0.4) is 0 Å². The molecule has 2 aromatic carbocycles. The highest BCUT2D eigenvalue weighted by Gasteiger charge is 2.16. The van der Waals surface area contributed by atoms with Crippen LogP contribution in [0.15, 0.2) is 36.4 Å². The Morgan fingerprint density at radius 3 is 2.33 bits per heavy atom. The van der Waals surface area contributed by atoms with Gasteiger partial charge in [-0.1, -0.05) is 6.07 Å². The Morgan fingerprint density at radius 1 is 1.05 bits per heavy atom. The molecule has 0 spiro atoms. The number of nitrogens with one attached hydrogen (secondary N) is 1. The summed E-state index contributed by atoms with van der Waals surface area (Å²) >= 11 is 0.